The molecule has 0 N–H and O–H groups in total. The van der Waals surface area contributed by atoms with Crippen molar-refractivity contribution in [2.45, 2.75) is 61.2 Å². The molecule has 3 heteroatoms. The summed E-state index contributed by atoms with van der Waals surface area (Å²) < 4.78 is 0. The van der Waals surface area contributed by atoms with E-state index in [0.717, 1.165) is 21.6 Å². The smallest absolute Gasteiger partial charge is 0.780 e. The standard InChI is InChI=1S/C9H12.2C6H6S.C5H10.Zr/c1-2-5-9-7-3-6-8(9)4-1;2*7-6-4-2-1-3-5-6;1-2-4-5-3-1;/h1-2,4-5,8-9H,3,6-7H2;2*1-5,7H;1-5H2;/q;;;;+4/p-2. The average molecular weight is 500 g/mol. The Morgan fingerprint density at radius 1 is 0.517 bits per heavy atom. The Labute approximate surface area is 208 Å². The van der Waals surface area contributed by atoms with Gasteiger partial charge in [0.15, 0.2) is 0 Å². The molecule has 3 aliphatic rings. The Morgan fingerprint density at radius 3 is 1.14 bits per heavy atom. The monoisotopic (exact) mass is 498 g/mol. The van der Waals surface area contributed by atoms with Gasteiger partial charge in [-0.15, -0.1) is 0 Å². The fourth-order valence-electron chi connectivity index (χ4n) is 3.63. The number of hydrogen-bond donors (Lipinski definition) is 0. The Kier molecular flexibility index (Phi) is 15.4. The van der Waals surface area contributed by atoms with Gasteiger partial charge in [-0.05, 0) is 24.7 Å². The number of fused-ring (bicyclic) bond motifs is 1. The molecule has 0 bridgehead atoms. The van der Waals surface area contributed by atoms with Crippen molar-refractivity contribution >= 4 is 25.3 Å². The molecular formula is C26H32S2Zr+2. The van der Waals surface area contributed by atoms with E-state index < -0.39 is 0 Å². The number of benzene rings is 2. The Bertz CT molecular complexity index is 615. The molecule has 0 radical (unpaired) electrons. The third kappa shape index (κ3) is 12.5. The fourth-order valence-corrected chi connectivity index (χ4v) is 3.95. The average Bonchev–Trinajstić information content (AvgIpc) is 3.45. The summed E-state index contributed by atoms with van der Waals surface area (Å²) in [6.07, 6.45) is 20.9. The number of allylic oxidation sites excluding steroid dienone is 4. The molecule has 150 valence electrons. The first kappa shape index (κ1) is 26.3. The summed E-state index contributed by atoms with van der Waals surface area (Å²) >= 11 is 9.62. The van der Waals surface area contributed by atoms with Crippen LogP contribution in [0.15, 0.2) is 94.8 Å². The van der Waals surface area contributed by atoms with Gasteiger partial charge in [0.05, 0.1) is 0 Å². The van der Waals surface area contributed by atoms with Crippen LogP contribution in [-0.4, -0.2) is 0 Å². The van der Waals surface area contributed by atoms with E-state index in [0.29, 0.717) is 0 Å². The molecule has 2 unspecified atom stereocenters. The maximum Gasteiger partial charge on any atom is 4.00 e. The molecule has 2 atom stereocenters. The molecule has 5 rings (SSSR count). The Morgan fingerprint density at radius 2 is 0.862 bits per heavy atom. The van der Waals surface area contributed by atoms with Crippen molar-refractivity contribution in [3.63, 3.8) is 0 Å². The molecule has 0 aromatic heterocycles. The second kappa shape index (κ2) is 17.0. The van der Waals surface area contributed by atoms with E-state index in [-0.39, 0.29) is 26.2 Å². The van der Waals surface area contributed by atoms with Crippen molar-refractivity contribution < 1.29 is 26.2 Å². The summed E-state index contributed by atoms with van der Waals surface area (Å²) in [6, 6.07) is 19.2. The minimum atomic E-state index is 0. The van der Waals surface area contributed by atoms with Crippen LogP contribution in [0, 0.1) is 11.8 Å². The fraction of sp³-hybridized carbons (Fsp3) is 0.385. The quantitative estimate of drug-likeness (QED) is 0.341. The maximum absolute atomic E-state index is 4.81. The van der Waals surface area contributed by atoms with Crippen molar-refractivity contribution in [3.8, 4) is 0 Å². The van der Waals surface area contributed by atoms with Gasteiger partial charge in [-0.2, -0.15) is 9.79 Å². The largest absolute Gasteiger partial charge is 4.00 e. The molecule has 3 aliphatic carbocycles. The molecule has 29 heavy (non-hydrogen) atoms. The minimum absolute atomic E-state index is 0. The second-order valence-corrected chi connectivity index (χ2v) is 8.37. The van der Waals surface area contributed by atoms with Crippen molar-refractivity contribution in [2.24, 2.45) is 11.8 Å². The van der Waals surface area contributed by atoms with Crippen LogP contribution in [0.2, 0.25) is 0 Å². The second-order valence-electron chi connectivity index (χ2n) is 7.42. The van der Waals surface area contributed by atoms with Crippen LogP contribution in [0.3, 0.4) is 0 Å². The van der Waals surface area contributed by atoms with Crippen molar-refractivity contribution in [3.05, 3.63) is 85.0 Å². The summed E-state index contributed by atoms with van der Waals surface area (Å²) in [5, 5.41) is 0. The van der Waals surface area contributed by atoms with Crippen LogP contribution in [0.4, 0.5) is 0 Å². The zero-order valence-corrected chi connectivity index (χ0v) is 21.3. The van der Waals surface area contributed by atoms with E-state index in [1.54, 1.807) is 0 Å². The van der Waals surface area contributed by atoms with Crippen LogP contribution >= 0.6 is 0 Å². The van der Waals surface area contributed by atoms with Crippen LogP contribution < -0.4 is 0 Å². The molecule has 0 saturated heterocycles. The first-order valence-corrected chi connectivity index (χ1v) is 11.4. The molecule has 0 spiro atoms. The van der Waals surface area contributed by atoms with E-state index in [9.17, 15) is 0 Å². The zero-order chi connectivity index (χ0) is 19.9. The van der Waals surface area contributed by atoms with Gasteiger partial charge in [0.25, 0.3) is 0 Å². The third-order valence-corrected chi connectivity index (χ3v) is 5.73. The molecule has 2 aromatic rings. The van der Waals surface area contributed by atoms with Gasteiger partial charge in [0.2, 0.25) is 0 Å². The van der Waals surface area contributed by atoms with Crippen LogP contribution in [0.1, 0.15) is 51.4 Å². The molecule has 0 heterocycles. The molecule has 2 saturated carbocycles. The maximum atomic E-state index is 4.81. The molecule has 0 amide bonds. The van der Waals surface area contributed by atoms with Gasteiger partial charge in [-0.3, -0.25) is 0 Å². The van der Waals surface area contributed by atoms with Crippen molar-refractivity contribution in [2.75, 3.05) is 0 Å². The first-order chi connectivity index (χ1) is 13.8. The molecule has 0 nitrogen and oxygen atoms in total. The minimum Gasteiger partial charge on any atom is -0.780 e. The van der Waals surface area contributed by atoms with Crippen LogP contribution in [0.5, 0.6) is 0 Å². The van der Waals surface area contributed by atoms with Crippen molar-refractivity contribution in [1.82, 2.24) is 0 Å². The van der Waals surface area contributed by atoms with Crippen molar-refractivity contribution in [1.29, 1.82) is 0 Å². The van der Waals surface area contributed by atoms with E-state index in [1.165, 1.54) is 51.4 Å². The van der Waals surface area contributed by atoms with Gasteiger partial charge in [-0.25, -0.2) is 0 Å². The molecule has 0 aliphatic heterocycles. The van der Waals surface area contributed by atoms with Gasteiger partial charge >= 0.3 is 26.2 Å². The summed E-state index contributed by atoms with van der Waals surface area (Å²) in [5.74, 6) is 1.80. The Balaban J connectivity index is 0.000000195. The summed E-state index contributed by atoms with van der Waals surface area (Å²) in [5.41, 5.74) is 0. The molecular weight excluding hydrogens is 468 g/mol. The van der Waals surface area contributed by atoms with Gasteiger partial charge < -0.3 is 25.3 Å². The molecule has 2 aromatic carbocycles. The first-order valence-electron chi connectivity index (χ1n) is 10.5. The van der Waals surface area contributed by atoms with Gasteiger partial charge in [0, 0.05) is 0 Å². The predicted molar refractivity (Wildman–Crippen MR) is 126 cm³/mol. The predicted octanol–water partition coefficient (Wildman–Crippen LogP) is 7.66. The van der Waals surface area contributed by atoms with Crippen LogP contribution in [0.25, 0.3) is 0 Å². The summed E-state index contributed by atoms with van der Waals surface area (Å²) in [4.78, 5) is 1.81. The third-order valence-electron chi connectivity index (χ3n) is 5.19. The normalized spacial score (nSPS) is 20.4. The topological polar surface area (TPSA) is 0 Å². The van der Waals surface area contributed by atoms with E-state index in [4.69, 9.17) is 25.3 Å². The van der Waals surface area contributed by atoms with Gasteiger partial charge in [-0.1, -0.05) is 123 Å². The number of hydrogen-bond acceptors (Lipinski definition) is 2. The van der Waals surface area contributed by atoms with E-state index >= 15 is 0 Å². The summed E-state index contributed by atoms with van der Waals surface area (Å²) in [6.45, 7) is 0. The SMILES string of the molecule is C1=CC2CCCC2C=C1.C1CCCC1.[S-]c1ccccc1.[S-]c1ccccc1.[Zr+4]. The number of rotatable bonds is 0. The van der Waals surface area contributed by atoms with Crippen LogP contribution in [-0.2, 0) is 51.5 Å². The van der Waals surface area contributed by atoms with E-state index in [1.807, 2.05) is 60.7 Å². The summed E-state index contributed by atoms with van der Waals surface area (Å²) in [7, 11) is 0. The van der Waals surface area contributed by atoms with Gasteiger partial charge in [0.1, 0.15) is 0 Å². The molecule has 2 fully saturated rings. The van der Waals surface area contributed by atoms with E-state index in [2.05, 4.69) is 24.3 Å². The zero-order valence-electron chi connectivity index (χ0n) is 17.2. The Hall–Kier alpha value is -0.757.